The summed E-state index contributed by atoms with van der Waals surface area (Å²) in [5.74, 6) is 1.37. The van der Waals surface area contributed by atoms with E-state index in [2.05, 4.69) is 17.5 Å². The molecule has 2 aliphatic rings. The Morgan fingerprint density at radius 2 is 2.08 bits per heavy atom. The number of hydrogen-bond acceptors (Lipinski definition) is 4. The first-order chi connectivity index (χ1) is 12.1. The van der Waals surface area contributed by atoms with Gasteiger partial charge >= 0.3 is 0 Å². The van der Waals surface area contributed by atoms with Crippen molar-refractivity contribution in [2.45, 2.75) is 25.3 Å². The number of hydrogen-bond donors (Lipinski definition) is 2. The van der Waals surface area contributed by atoms with Crippen LogP contribution in [0.4, 0.5) is 5.69 Å². The molecule has 0 aromatic heterocycles. The molecule has 0 saturated heterocycles. The molecule has 2 aromatic carbocycles. The maximum Gasteiger partial charge on any atom is 0.160 e. The van der Waals surface area contributed by atoms with Crippen LogP contribution in [0.1, 0.15) is 46.8 Å². The van der Waals surface area contributed by atoms with Crippen molar-refractivity contribution in [2.24, 2.45) is 5.92 Å². The number of phenols is 1. The van der Waals surface area contributed by atoms with E-state index in [0.717, 1.165) is 23.2 Å². The fraction of sp³-hybridized carbons (Fsp3) is 0.286. The van der Waals surface area contributed by atoms with Gasteiger partial charge in [-0.2, -0.15) is 0 Å². The molecule has 0 amide bonds. The molecule has 1 aliphatic heterocycles. The second-order valence-corrected chi connectivity index (χ2v) is 6.77. The van der Waals surface area contributed by atoms with Crippen molar-refractivity contribution in [1.29, 1.82) is 0 Å². The molecule has 3 atom stereocenters. The molecule has 25 heavy (non-hydrogen) atoms. The average molecular weight is 335 g/mol. The zero-order chi connectivity index (χ0) is 17.6. The Hall–Kier alpha value is -2.75. The van der Waals surface area contributed by atoms with Crippen LogP contribution in [0.15, 0.2) is 48.6 Å². The minimum absolute atomic E-state index is 0.0866. The minimum Gasteiger partial charge on any atom is -0.504 e. The molecule has 1 aliphatic carbocycles. The number of Topliss-reactive ketones (excluding diaryl/α,β-unsaturated/α-hetero) is 1. The number of anilines is 1. The zero-order valence-corrected chi connectivity index (χ0v) is 14.3. The summed E-state index contributed by atoms with van der Waals surface area (Å²) in [7, 11) is 1.55. The molecule has 0 radical (unpaired) electrons. The summed E-state index contributed by atoms with van der Waals surface area (Å²) >= 11 is 0. The molecular formula is C21H21NO3. The Kier molecular flexibility index (Phi) is 3.75. The minimum atomic E-state index is 0.0866. The Morgan fingerprint density at radius 1 is 1.24 bits per heavy atom. The van der Waals surface area contributed by atoms with Crippen LogP contribution >= 0.6 is 0 Å². The molecule has 2 aromatic rings. The summed E-state index contributed by atoms with van der Waals surface area (Å²) in [6.07, 6.45) is 5.42. The van der Waals surface area contributed by atoms with Gasteiger partial charge in [0, 0.05) is 17.2 Å². The van der Waals surface area contributed by atoms with E-state index in [1.54, 1.807) is 26.2 Å². The number of allylic oxidation sites excluding steroid dienone is 2. The lowest BCUT2D eigenvalue weighted by Gasteiger charge is -2.37. The van der Waals surface area contributed by atoms with Gasteiger partial charge in [0.05, 0.1) is 13.2 Å². The predicted octanol–water partition coefficient (Wildman–Crippen LogP) is 4.43. The van der Waals surface area contributed by atoms with Crippen LogP contribution in [0, 0.1) is 5.92 Å². The van der Waals surface area contributed by atoms with Crippen molar-refractivity contribution in [1.82, 2.24) is 0 Å². The van der Waals surface area contributed by atoms with Crippen LogP contribution in [0.2, 0.25) is 0 Å². The van der Waals surface area contributed by atoms with Crippen molar-refractivity contribution in [3.05, 3.63) is 65.2 Å². The molecule has 4 nitrogen and oxygen atoms in total. The number of methoxy groups -OCH3 is 1. The third kappa shape index (κ3) is 2.58. The second-order valence-electron chi connectivity index (χ2n) is 6.77. The van der Waals surface area contributed by atoms with Crippen molar-refractivity contribution >= 4 is 11.5 Å². The van der Waals surface area contributed by atoms with Gasteiger partial charge < -0.3 is 15.2 Å². The number of nitrogens with one attached hydrogen (secondary N) is 1. The van der Waals surface area contributed by atoms with Crippen LogP contribution in [-0.4, -0.2) is 18.0 Å². The number of carbonyl (C=O) groups excluding carboxylic acids is 1. The quantitative estimate of drug-likeness (QED) is 0.643. The largest absolute Gasteiger partial charge is 0.504 e. The number of carbonyl (C=O) groups is 1. The maximum absolute atomic E-state index is 11.7. The topological polar surface area (TPSA) is 58.6 Å². The lowest BCUT2D eigenvalue weighted by Crippen LogP contribution is -2.29. The van der Waals surface area contributed by atoms with Crippen molar-refractivity contribution in [3.63, 3.8) is 0 Å². The fourth-order valence-corrected chi connectivity index (χ4v) is 4.04. The lowest BCUT2D eigenvalue weighted by molar-refractivity contribution is 0.101. The van der Waals surface area contributed by atoms with Crippen LogP contribution in [0.3, 0.4) is 0 Å². The number of ether oxygens (including phenoxy) is 1. The highest BCUT2D eigenvalue weighted by Crippen LogP contribution is 2.50. The Labute approximate surface area is 147 Å². The van der Waals surface area contributed by atoms with E-state index in [9.17, 15) is 9.90 Å². The molecule has 4 rings (SSSR count). The molecule has 2 N–H and O–H groups in total. The van der Waals surface area contributed by atoms with E-state index in [4.69, 9.17) is 4.74 Å². The molecule has 0 fully saturated rings. The van der Waals surface area contributed by atoms with Crippen molar-refractivity contribution < 1.29 is 14.6 Å². The highest BCUT2D eigenvalue weighted by Gasteiger charge is 2.38. The van der Waals surface area contributed by atoms with Crippen LogP contribution in [0.5, 0.6) is 11.5 Å². The standard InChI is InChI=1S/C21H21NO3/c1-12(23)13-6-8-18-17(10-13)15-4-3-5-16(15)21(22-18)14-7-9-20(25-2)19(24)11-14/h3-4,6-11,15-16,21-22,24H,5H2,1-2H3. The molecule has 4 heteroatoms. The fourth-order valence-electron chi connectivity index (χ4n) is 4.04. The Balaban J connectivity index is 1.75. The Bertz CT molecular complexity index is 871. The number of phenolic OH excluding ortho intramolecular Hbond substituents is 1. The molecule has 1 heterocycles. The smallest absolute Gasteiger partial charge is 0.160 e. The van der Waals surface area contributed by atoms with E-state index in [0.29, 0.717) is 11.7 Å². The second kappa shape index (κ2) is 5.96. The van der Waals surface area contributed by atoms with Gasteiger partial charge in [0.15, 0.2) is 17.3 Å². The number of rotatable bonds is 3. The summed E-state index contributed by atoms with van der Waals surface area (Å²) in [6, 6.07) is 11.6. The van der Waals surface area contributed by atoms with Gasteiger partial charge in [0.1, 0.15) is 0 Å². The van der Waals surface area contributed by atoms with E-state index in [-0.39, 0.29) is 23.5 Å². The number of benzene rings is 2. The van der Waals surface area contributed by atoms with Crippen LogP contribution in [-0.2, 0) is 0 Å². The van der Waals surface area contributed by atoms with Gasteiger partial charge in [-0.25, -0.2) is 0 Å². The van der Waals surface area contributed by atoms with Gasteiger partial charge in [-0.3, -0.25) is 4.79 Å². The molecule has 0 saturated carbocycles. The molecule has 128 valence electrons. The average Bonchev–Trinajstić information content (AvgIpc) is 3.10. The molecule has 0 spiro atoms. The van der Waals surface area contributed by atoms with Crippen molar-refractivity contribution in [2.75, 3.05) is 12.4 Å². The molecule has 0 bridgehead atoms. The number of ketones is 1. The SMILES string of the molecule is COc1ccc(C2Nc3ccc(C(C)=O)cc3C3C=CCC32)cc1O. The van der Waals surface area contributed by atoms with Crippen LogP contribution in [0.25, 0.3) is 0 Å². The first-order valence-corrected chi connectivity index (χ1v) is 8.53. The Morgan fingerprint density at radius 3 is 2.80 bits per heavy atom. The number of aromatic hydroxyl groups is 1. The van der Waals surface area contributed by atoms with E-state index in [1.807, 2.05) is 24.3 Å². The first-order valence-electron chi connectivity index (χ1n) is 8.53. The highest BCUT2D eigenvalue weighted by molar-refractivity contribution is 5.95. The third-order valence-corrected chi connectivity index (χ3v) is 5.33. The third-order valence-electron chi connectivity index (χ3n) is 5.33. The molecular weight excluding hydrogens is 314 g/mol. The zero-order valence-electron chi connectivity index (χ0n) is 14.3. The van der Waals surface area contributed by atoms with Crippen LogP contribution < -0.4 is 10.1 Å². The first kappa shape index (κ1) is 15.8. The highest BCUT2D eigenvalue weighted by atomic mass is 16.5. The number of fused-ring (bicyclic) bond motifs is 3. The van der Waals surface area contributed by atoms with Gasteiger partial charge in [0.25, 0.3) is 0 Å². The summed E-state index contributed by atoms with van der Waals surface area (Å²) in [6.45, 7) is 1.60. The van der Waals surface area contributed by atoms with E-state index >= 15 is 0 Å². The summed E-state index contributed by atoms with van der Waals surface area (Å²) < 4.78 is 5.15. The van der Waals surface area contributed by atoms with Gasteiger partial charge in [-0.15, -0.1) is 0 Å². The monoisotopic (exact) mass is 335 g/mol. The van der Waals surface area contributed by atoms with Gasteiger partial charge in [0.2, 0.25) is 0 Å². The maximum atomic E-state index is 11.7. The summed E-state index contributed by atoms with van der Waals surface area (Å²) in [4.78, 5) is 11.7. The summed E-state index contributed by atoms with van der Waals surface area (Å²) in [5, 5.41) is 13.8. The normalized spacial score (nSPS) is 23.5. The lowest BCUT2D eigenvalue weighted by atomic mass is 9.76. The van der Waals surface area contributed by atoms with E-state index in [1.165, 1.54) is 5.56 Å². The molecule has 3 unspecified atom stereocenters. The summed E-state index contributed by atoms with van der Waals surface area (Å²) in [5.41, 5.74) is 4.02. The van der Waals surface area contributed by atoms with E-state index < -0.39 is 0 Å². The predicted molar refractivity (Wildman–Crippen MR) is 97.5 cm³/mol. The van der Waals surface area contributed by atoms with Gasteiger partial charge in [-0.05, 0) is 60.7 Å². The van der Waals surface area contributed by atoms with Gasteiger partial charge in [-0.1, -0.05) is 18.2 Å². The van der Waals surface area contributed by atoms with Crippen molar-refractivity contribution in [3.8, 4) is 11.5 Å².